The molecule has 0 spiro atoms. The monoisotopic (exact) mass is 564 g/mol. The molecule has 1 aliphatic heterocycles. The lowest BCUT2D eigenvalue weighted by molar-refractivity contribution is 0.0786. The normalized spacial score (nSPS) is 19.3. The quantitative estimate of drug-likeness (QED) is 0.380. The molecule has 0 radical (unpaired) electrons. The van der Waals surface area contributed by atoms with Gasteiger partial charge in [0, 0.05) is 36.5 Å². The number of aryl methyl sites for hydroxylation is 3. The molecule has 2 aromatic carbocycles. The van der Waals surface area contributed by atoms with Crippen LogP contribution in [0.4, 0.5) is 9.18 Å². The van der Waals surface area contributed by atoms with E-state index in [9.17, 15) is 19.1 Å². The summed E-state index contributed by atoms with van der Waals surface area (Å²) in [6.45, 7) is 8.02. The van der Waals surface area contributed by atoms with Crippen molar-refractivity contribution in [2.24, 2.45) is 7.05 Å². The lowest BCUT2D eigenvalue weighted by Gasteiger charge is -2.33. The van der Waals surface area contributed by atoms with E-state index in [4.69, 9.17) is 14.2 Å². The Bertz CT molecular complexity index is 1490. The van der Waals surface area contributed by atoms with Gasteiger partial charge in [-0.15, -0.1) is 0 Å². The molecule has 1 saturated heterocycles. The minimum absolute atomic E-state index is 0.124. The second-order valence-electron chi connectivity index (χ2n) is 11.6. The number of cyclic esters (lactones) is 1. The molecule has 1 aromatic heterocycles. The van der Waals surface area contributed by atoms with Gasteiger partial charge in [-0.2, -0.15) is 0 Å². The molecule has 0 atom stereocenters. The third-order valence-corrected chi connectivity index (χ3v) is 7.97. The van der Waals surface area contributed by atoms with Crippen LogP contribution in [0, 0.1) is 19.7 Å². The number of benzene rings is 2. The highest BCUT2D eigenvalue weighted by Gasteiger charge is 2.34. The number of hydrogen-bond acceptors (Lipinski definition) is 6. The van der Waals surface area contributed by atoms with Crippen LogP contribution in [0.3, 0.4) is 0 Å². The van der Waals surface area contributed by atoms with Gasteiger partial charge in [-0.3, -0.25) is 4.79 Å². The third kappa shape index (κ3) is 6.10. The predicted octanol–water partition coefficient (Wildman–Crippen LogP) is 5.97. The average molecular weight is 565 g/mol. The molecular weight excluding hydrogens is 527 g/mol. The minimum atomic E-state index is -1.13. The van der Waals surface area contributed by atoms with Crippen LogP contribution in [0.15, 0.2) is 47.4 Å². The van der Waals surface area contributed by atoms with E-state index in [1.807, 2.05) is 6.07 Å². The van der Waals surface area contributed by atoms with Crippen molar-refractivity contribution in [2.75, 3.05) is 13.2 Å². The number of rotatable bonds is 7. The summed E-state index contributed by atoms with van der Waals surface area (Å²) in [6, 6.07) is 9.86. The van der Waals surface area contributed by atoms with Crippen LogP contribution in [-0.2, 0) is 17.4 Å². The smallest absolute Gasteiger partial charge is 0.410 e. The minimum Gasteiger partial charge on any atom is -0.490 e. The summed E-state index contributed by atoms with van der Waals surface area (Å²) in [5.74, 6) is 1.10. The van der Waals surface area contributed by atoms with Crippen LogP contribution < -0.4 is 15.0 Å². The zero-order valence-electron chi connectivity index (χ0n) is 24.2. The number of halogens is 1. The Morgan fingerprint density at radius 3 is 2.27 bits per heavy atom. The van der Waals surface area contributed by atoms with Gasteiger partial charge < -0.3 is 28.8 Å². The van der Waals surface area contributed by atoms with E-state index >= 15 is 0 Å². The van der Waals surface area contributed by atoms with Crippen molar-refractivity contribution in [3.05, 3.63) is 75.5 Å². The van der Waals surface area contributed by atoms with Crippen molar-refractivity contribution >= 4 is 6.09 Å². The van der Waals surface area contributed by atoms with Gasteiger partial charge in [0.25, 0.3) is 5.56 Å². The number of pyridine rings is 1. The highest BCUT2D eigenvalue weighted by atomic mass is 19.1. The van der Waals surface area contributed by atoms with E-state index < -0.39 is 5.60 Å². The Morgan fingerprint density at radius 1 is 0.976 bits per heavy atom. The first-order valence-corrected chi connectivity index (χ1v) is 14.0. The Hall–Kier alpha value is -3.85. The summed E-state index contributed by atoms with van der Waals surface area (Å²) in [5.41, 5.74) is 1.87. The first kappa shape index (κ1) is 28.7. The SMILES string of the molecule is Cc1cc(F)cc(C)c1Oc1ccc(C(C)(C)O)cc1-c1cn(C)c(=O)cc1O[C@H]1CC[C@H](N2CCOC2=O)CC1. The number of amides is 1. The van der Waals surface area contributed by atoms with Crippen molar-refractivity contribution in [3.63, 3.8) is 0 Å². The van der Waals surface area contributed by atoms with Gasteiger partial charge in [-0.25, -0.2) is 9.18 Å². The maximum atomic E-state index is 14.0. The fourth-order valence-electron chi connectivity index (χ4n) is 5.68. The van der Waals surface area contributed by atoms with E-state index in [0.717, 1.165) is 25.7 Å². The predicted molar refractivity (Wildman–Crippen MR) is 153 cm³/mol. The third-order valence-electron chi connectivity index (χ3n) is 7.97. The van der Waals surface area contributed by atoms with Gasteiger partial charge >= 0.3 is 6.09 Å². The highest BCUT2D eigenvalue weighted by Crippen LogP contribution is 2.42. The zero-order valence-corrected chi connectivity index (χ0v) is 24.2. The maximum Gasteiger partial charge on any atom is 0.410 e. The van der Waals surface area contributed by atoms with Crippen molar-refractivity contribution in [1.82, 2.24) is 9.47 Å². The van der Waals surface area contributed by atoms with E-state index in [1.54, 1.807) is 58.0 Å². The maximum absolute atomic E-state index is 14.0. The number of aliphatic hydroxyl groups is 1. The van der Waals surface area contributed by atoms with E-state index in [1.165, 1.54) is 22.8 Å². The van der Waals surface area contributed by atoms with Crippen LogP contribution in [0.1, 0.15) is 56.2 Å². The fourth-order valence-corrected chi connectivity index (χ4v) is 5.68. The highest BCUT2D eigenvalue weighted by molar-refractivity contribution is 5.76. The van der Waals surface area contributed by atoms with E-state index in [0.29, 0.717) is 58.2 Å². The van der Waals surface area contributed by atoms with Crippen LogP contribution >= 0.6 is 0 Å². The van der Waals surface area contributed by atoms with Crippen molar-refractivity contribution in [3.8, 4) is 28.4 Å². The molecule has 218 valence electrons. The summed E-state index contributed by atoms with van der Waals surface area (Å²) in [5, 5.41) is 10.8. The Balaban J connectivity index is 1.51. The average Bonchev–Trinajstić information content (AvgIpc) is 3.34. The molecular formula is C32H37FN2O6. The summed E-state index contributed by atoms with van der Waals surface area (Å²) < 4.78 is 33.5. The Morgan fingerprint density at radius 2 is 1.66 bits per heavy atom. The molecule has 8 nitrogen and oxygen atoms in total. The number of carbonyl (C=O) groups is 1. The molecule has 0 bridgehead atoms. The molecule has 0 unspecified atom stereocenters. The largest absolute Gasteiger partial charge is 0.490 e. The van der Waals surface area contributed by atoms with E-state index in [2.05, 4.69) is 0 Å². The van der Waals surface area contributed by atoms with Crippen molar-refractivity contribution < 1.29 is 28.5 Å². The molecule has 5 rings (SSSR count). The van der Waals surface area contributed by atoms with Gasteiger partial charge in [0.15, 0.2) is 0 Å². The second kappa shape index (κ2) is 11.2. The summed E-state index contributed by atoms with van der Waals surface area (Å²) in [4.78, 5) is 26.6. The Kier molecular flexibility index (Phi) is 7.83. The summed E-state index contributed by atoms with van der Waals surface area (Å²) in [7, 11) is 1.67. The van der Waals surface area contributed by atoms with Crippen LogP contribution in [0.2, 0.25) is 0 Å². The molecule has 9 heteroatoms. The first-order valence-electron chi connectivity index (χ1n) is 14.0. The standard InChI is InChI=1S/C32H37FN2O6/c1-19-14-22(33)15-20(2)30(19)41-27-11-6-21(32(3,4)38)16-25(27)26-18-34(5)29(36)17-28(26)40-24-9-7-23(8-10-24)35-12-13-39-31(35)37/h6,11,14-18,23-24,38H,7-10,12-13H2,1-5H3/t23-,24-. The number of ether oxygens (including phenoxy) is 3. The molecule has 1 saturated carbocycles. The fraction of sp³-hybridized carbons (Fsp3) is 0.438. The number of aromatic nitrogens is 1. The topological polar surface area (TPSA) is 90.2 Å². The van der Waals surface area contributed by atoms with Gasteiger partial charge in [0.1, 0.15) is 29.7 Å². The van der Waals surface area contributed by atoms with Gasteiger partial charge in [0.05, 0.1) is 18.2 Å². The number of nitrogens with zero attached hydrogens (tertiary/aromatic N) is 2. The lowest BCUT2D eigenvalue weighted by Crippen LogP contribution is -2.40. The van der Waals surface area contributed by atoms with Crippen LogP contribution in [0.5, 0.6) is 17.2 Å². The Labute approximate surface area is 239 Å². The molecule has 3 aromatic rings. The summed E-state index contributed by atoms with van der Waals surface area (Å²) >= 11 is 0. The van der Waals surface area contributed by atoms with E-state index in [-0.39, 0.29) is 29.6 Å². The van der Waals surface area contributed by atoms with Gasteiger partial charge in [-0.05, 0) is 94.3 Å². The molecule has 2 aliphatic rings. The molecule has 2 fully saturated rings. The van der Waals surface area contributed by atoms with Crippen molar-refractivity contribution in [2.45, 2.75) is 71.1 Å². The molecule has 1 amide bonds. The van der Waals surface area contributed by atoms with Gasteiger partial charge in [0.2, 0.25) is 0 Å². The molecule has 2 heterocycles. The number of hydrogen-bond donors (Lipinski definition) is 1. The first-order chi connectivity index (χ1) is 19.4. The molecule has 1 N–H and O–H groups in total. The molecule has 41 heavy (non-hydrogen) atoms. The zero-order chi connectivity index (χ0) is 29.5. The second-order valence-corrected chi connectivity index (χ2v) is 11.6. The number of carbonyl (C=O) groups excluding carboxylic acids is 1. The van der Waals surface area contributed by atoms with Crippen molar-refractivity contribution in [1.29, 1.82) is 0 Å². The van der Waals surface area contributed by atoms with Crippen LogP contribution in [0.25, 0.3) is 11.1 Å². The van der Waals surface area contributed by atoms with Gasteiger partial charge in [-0.1, -0.05) is 6.07 Å². The summed E-state index contributed by atoms with van der Waals surface area (Å²) in [6.07, 6.45) is 4.34. The lowest BCUT2D eigenvalue weighted by atomic mass is 9.91. The molecule has 1 aliphatic carbocycles. The van der Waals surface area contributed by atoms with Crippen LogP contribution in [-0.4, -0.2) is 46.0 Å².